The normalized spacial score (nSPS) is 15.6. The van der Waals surface area contributed by atoms with Crippen molar-refractivity contribution in [1.29, 1.82) is 0 Å². The minimum atomic E-state index is -8.43. The molecule has 34 heavy (non-hydrogen) atoms. The molecule has 0 heterocycles. The van der Waals surface area contributed by atoms with E-state index in [1.54, 1.807) is 6.92 Å². The molecule has 0 aromatic carbocycles. The van der Waals surface area contributed by atoms with Crippen LogP contribution in [0.15, 0.2) is 0 Å². The van der Waals surface area contributed by atoms with E-state index in [2.05, 4.69) is 4.18 Å². The van der Waals surface area contributed by atoms with E-state index in [0.29, 0.717) is 19.3 Å². The summed E-state index contributed by atoms with van der Waals surface area (Å²) >= 11 is 0. The summed E-state index contributed by atoms with van der Waals surface area (Å²) in [7, 11) is -5.18. The molecule has 0 aromatic heterocycles. The minimum Gasteiger partial charge on any atom is -0.263 e. The molecule has 0 bridgehead atoms. The summed E-state index contributed by atoms with van der Waals surface area (Å²) in [5, 5.41) is 0. The van der Waals surface area contributed by atoms with E-state index in [1.165, 1.54) is 0 Å². The highest BCUT2D eigenvalue weighted by Gasteiger charge is 2.93. The molecular formula is C15H17F15O3S. The first-order valence-electron chi connectivity index (χ1n) is 8.97. The second-order valence-electron chi connectivity index (χ2n) is 7.01. The van der Waals surface area contributed by atoms with Crippen LogP contribution in [0.5, 0.6) is 0 Å². The molecule has 19 heteroatoms. The molecule has 0 radical (unpaired) electrons. The van der Waals surface area contributed by atoms with Gasteiger partial charge in [-0.1, -0.05) is 32.6 Å². The quantitative estimate of drug-likeness (QED) is 0.135. The van der Waals surface area contributed by atoms with Gasteiger partial charge in [0, 0.05) is 0 Å². The van der Waals surface area contributed by atoms with Crippen molar-refractivity contribution < 1.29 is 78.5 Å². The molecule has 0 aromatic rings. The van der Waals surface area contributed by atoms with Gasteiger partial charge in [0.15, 0.2) is 0 Å². The first kappa shape index (κ1) is 32.9. The molecule has 0 atom stereocenters. The SMILES string of the molecule is CCCCCCCS(=O)(=O)OCC(F)(F)C(F)(F)C(F)(F)C(F)(F)C(F)(F)C(F)(F)C(F)(F)F. The van der Waals surface area contributed by atoms with Gasteiger partial charge in [0.05, 0.1) is 5.75 Å². The Morgan fingerprint density at radius 1 is 0.559 bits per heavy atom. The molecule has 0 aliphatic carbocycles. The van der Waals surface area contributed by atoms with Gasteiger partial charge in [-0.05, 0) is 6.42 Å². The summed E-state index contributed by atoms with van der Waals surface area (Å²) in [6.45, 7) is -1.59. The molecule has 0 aliphatic heterocycles. The Balaban J connectivity index is 5.88. The zero-order chi connectivity index (χ0) is 27.7. The van der Waals surface area contributed by atoms with Crippen LogP contribution in [0.4, 0.5) is 65.9 Å². The third-order valence-electron chi connectivity index (χ3n) is 4.31. The van der Waals surface area contributed by atoms with Crippen LogP contribution in [-0.4, -0.2) is 62.5 Å². The molecule has 0 amide bonds. The fraction of sp³-hybridized carbons (Fsp3) is 1.00. The first-order valence-corrected chi connectivity index (χ1v) is 10.6. The van der Waals surface area contributed by atoms with Crippen LogP contribution >= 0.6 is 0 Å². The molecular weight excluding hydrogens is 545 g/mol. The molecule has 0 saturated heterocycles. The van der Waals surface area contributed by atoms with Crippen molar-refractivity contribution in [2.45, 2.75) is 80.7 Å². The highest BCUT2D eigenvalue weighted by molar-refractivity contribution is 7.86. The summed E-state index contributed by atoms with van der Waals surface area (Å²) in [6, 6.07) is 0. The van der Waals surface area contributed by atoms with E-state index < -0.39 is 64.2 Å². The molecule has 0 aliphatic rings. The Bertz CT molecular complexity index is 774. The van der Waals surface area contributed by atoms with Gasteiger partial charge in [0.1, 0.15) is 6.61 Å². The standard InChI is InChI=1S/C15H17F15O3S/c1-2-3-4-5-6-7-34(31,32)33-8-9(16,17)10(18,19)11(20,21)12(22,23)13(24,25)14(26,27)15(28,29)30/h2-8H2,1H3. The number of hydrogen-bond donors (Lipinski definition) is 0. The van der Waals surface area contributed by atoms with Gasteiger partial charge in [0.25, 0.3) is 10.1 Å². The Hall–Kier alpha value is -1.14. The number of hydrogen-bond acceptors (Lipinski definition) is 3. The van der Waals surface area contributed by atoms with Gasteiger partial charge in [-0.2, -0.15) is 74.3 Å². The van der Waals surface area contributed by atoms with E-state index in [9.17, 15) is 74.3 Å². The van der Waals surface area contributed by atoms with Crippen LogP contribution < -0.4 is 0 Å². The van der Waals surface area contributed by atoms with Gasteiger partial charge in [-0.15, -0.1) is 0 Å². The average molecular weight is 562 g/mol. The zero-order valence-electron chi connectivity index (χ0n) is 16.8. The first-order chi connectivity index (χ1) is 14.8. The average Bonchev–Trinajstić information content (AvgIpc) is 2.64. The van der Waals surface area contributed by atoms with Crippen molar-refractivity contribution in [2.24, 2.45) is 0 Å². The maximum atomic E-state index is 13.6. The highest BCUT2D eigenvalue weighted by Crippen LogP contribution is 2.62. The third-order valence-corrected chi connectivity index (χ3v) is 5.58. The fourth-order valence-corrected chi connectivity index (χ4v) is 3.20. The lowest BCUT2D eigenvalue weighted by atomic mass is 9.91. The summed E-state index contributed by atoms with van der Waals surface area (Å²) in [5.41, 5.74) is 0. The summed E-state index contributed by atoms with van der Waals surface area (Å²) in [4.78, 5) is 0. The Morgan fingerprint density at radius 2 is 0.941 bits per heavy atom. The van der Waals surface area contributed by atoms with E-state index in [4.69, 9.17) is 0 Å². The Morgan fingerprint density at radius 3 is 1.35 bits per heavy atom. The maximum Gasteiger partial charge on any atom is 0.460 e. The second kappa shape index (κ2) is 10.1. The molecule has 0 N–H and O–H groups in total. The van der Waals surface area contributed by atoms with E-state index in [-0.39, 0.29) is 12.8 Å². The molecule has 0 fully saturated rings. The van der Waals surface area contributed by atoms with Gasteiger partial charge in [0.2, 0.25) is 0 Å². The van der Waals surface area contributed by atoms with Crippen molar-refractivity contribution >= 4 is 10.1 Å². The molecule has 0 rings (SSSR count). The topological polar surface area (TPSA) is 43.4 Å². The number of rotatable bonds is 14. The Kier molecular flexibility index (Phi) is 9.74. The number of unbranched alkanes of at least 4 members (excludes halogenated alkanes) is 4. The summed E-state index contributed by atoms with van der Waals surface area (Å²) in [6.07, 6.45) is -6.14. The lowest BCUT2D eigenvalue weighted by Crippen LogP contribution is -2.73. The van der Waals surface area contributed by atoms with Crippen molar-refractivity contribution in [2.75, 3.05) is 12.4 Å². The van der Waals surface area contributed by atoms with Crippen LogP contribution in [0.1, 0.15) is 39.0 Å². The molecule has 3 nitrogen and oxygen atoms in total. The molecule has 0 unspecified atom stereocenters. The van der Waals surface area contributed by atoms with Crippen molar-refractivity contribution in [3.63, 3.8) is 0 Å². The lowest BCUT2D eigenvalue weighted by molar-refractivity contribution is -0.453. The molecule has 0 saturated carbocycles. The van der Waals surface area contributed by atoms with Crippen molar-refractivity contribution in [3.05, 3.63) is 0 Å². The largest absolute Gasteiger partial charge is 0.460 e. The summed E-state index contributed by atoms with van der Waals surface area (Å²) in [5.74, 6) is -48.8. The van der Waals surface area contributed by atoms with Crippen LogP contribution in [0, 0.1) is 0 Å². The monoisotopic (exact) mass is 562 g/mol. The zero-order valence-corrected chi connectivity index (χ0v) is 17.6. The fourth-order valence-electron chi connectivity index (χ4n) is 2.19. The lowest BCUT2D eigenvalue weighted by Gasteiger charge is -2.41. The molecule has 206 valence electrons. The van der Waals surface area contributed by atoms with Crippen molar-refractivity contribution in [3.8, 4) is 0 Å². The van der Waals surface area contributed by atoms with Gasteiger partial charge in [-0.3, -0.25) is 4.18 Å². The van der Waals surface area contributed by atoms with Crippen molar-refractivity contribution in [1.82, 2.24) is 0 Å². The van der Waals surface area contributed by atoms with Gasteiger partial charge < -0.3 is 0 Å². The Labute approximate surface area is 182 Å². The predicted molar refractivity (Wildman–Crippen MR) is 84.2 cm³/mol. The van der Waals surface area contributed by atoms with Crippen LogP contribution in [-0.2, 0) is 14.3 Å². The van der Waals surface area contributed by atoms with Crippen LogP contribution in [0.25, 0.3) is 0 Å². The third kappa shape index (κ3) is 5.98. The molecule has 0 spiro atoms. The summed E-state index contributed by atoms with van der Waals surface area (Å²) < 4.78 is 221. The second-order valence-corrected chi connectivity index (χ2v) is 8.77. The van der Waals surface area contributed by atoms with Gasteiger partial charge in [-0.25, -0.2) is 0 Å². The maximum absolute atomic E-state index is 13.6. The highest BCUT2D eigenvalue weighted by atomic mass is 32.2. The van der Waals surface area contributed by atoms with E-state index >= 15 is 0 Å². The smallest absolute Gasteiger partial charge is 0.263 e. The van der Waals surface area contributed by atoms with Crippen LogP contribution in [0.3, 0.4) is 0 Å². The number of alkyl halides is 15. The van der Waals surface area contributed by atoms with Crippen LogP contribution in [0.2, 0.25) is 0 Å². The van der Waals surface area contributed by atoms with E-state index in [1.807, 2.05) is 0 Å². The van der Waals surface area contributed by atoms with Gasteiger partial charge >= 0.3 is 41.7 Å². The minimum absolute atomic E-state index is 0.149. The van der Waals surface area contributed by atoms with E-state index in [0.717, 1.165) is 0 Å². The number of halogens is 15. The predicted octanol–water partition coefficient (Wildman–Crippen LogP) is 6.68.